The molecule has 1 fully saturated rings. The van der Waals surface area contributed by atoms with Crippen LogP contribution in [0.2, 0.25) is 0 Å². The smallest absolute Gasteiger partial charge is 0.308 e. The maximum absolute atomic E-state index is 11.5. The topological polar surface area (TPSA) is 54.0 Å². The third-order valence-corrected chi connectivity index (χ3v) is 6.36. The number of benzene rings is 2. The van der Waals surface area contributed by atoms with Crippen molar-refractivity contribution in [2.45, 2.75) is 84.3 Å². The molecule has 0 bridgehead atoms. The summed E-state index contributed by atoms with van der Waals surface area (Å²) in [6.07, 6.45) is 7.13. The van der Waals surface area contributed by atoms with Crippen LogP contribution in [0.3, 0.4) is 0 Å². The van der Waals surface area contributed by atoms with Crippen molar-refractivity contribution in [1.82, 2.24) is 0 Å². The Hall–Kier alpha value is -2.53. The highest BCUT2D eigenvalue weighted by molar-refractivity contribution is 5.70. The summed E-state index contributed by atoms with van der Waals surface area (Å²) in [5.74, 6) is 2.46. The van der Waals surface area contributed by atoms with E-state index in [0.29, 0.717) is 36.5 Å². The van der Waals surface area contributed by atoms with Gasteiger partial charge in [-0.15, -0.1) is 0 Å². The summed E-state index contributed by atoms with van der Waals surface area (Å²) in [5.41, 5.74) is 2.53. The first-order valence-corrected chi connectivity index (χ1v) is 12.3. The van der Waals surface area contributed by atoms with Crippen LogP contribution in [0.4, 0.5) is 0 Å². The van der Waals surface area contributed by atoms with Crippen LogP contribution < -0.4 is 14.2 Å². The molecule has 0 aliphatic heterocycles. The van der Waals surface area contributed by atoms with Crippen LogP contribution in [0.1, 0.15) is 89.2 Å². The molecule has 0 N–H and O–H groups in total. The molecule has 0 radical (unpaired) electrons. The fourth-order valence-corrected chi connectivity index (χ4v) is 4.26. The van der Waals surface area contributed by atoms with Crippen molar-refractivity contribution < 1.29 is 23.7 Å². The summed E-state index contributed by atoms with van der Waals surface area (Å²) in [4.78, 5) is 11.5. The maximum atomic E-state index is 11.5. The van der Waals surface area contributed by atoms with Gasteiger partial charge in [0.05, 0.1) is 6.61 Å². The zero-order valence-electron chi connectivity index (χ0n) is 20.5. The highest BCUT2D eigenvalue weighted by Gasteiger charge is 2.16. The van der Waals surface area contributed by atoms with Gasteiger partial charge in [0.2, 0.25) is 0 Å². The van der Waals surface area contributed by atoms with Crippen molar-refractivity contribution >= 4 is 5.97 Å². The van der Waals surface area contributed by atoms with Gasteiger partial charge in [-0.25, -0.2) is 0 Å². The van der Waals surface area contributed by atoms with Crippen LogP contribution in [0.5, 0.6) is 17.2 Å². The summed E-state index contributed by atoms with van der Waals surface area (Å²) in [6, 6.07) is 14.2. The lowest BCUT2D eigenvalue weighted by Gasteiger charge is -2.22. The van der Waals surface area contributed by atoms with Crippen LogP contribution in [0, 0.1) is 0 Å². The fraction of sp³-hybridized carbons (Fsp3) is 0.536. The van der Waals surface area contributed by atoms with Crippen LogP contribution in [0.15, 0.2) is 42.5 Å². The minimum absolute atomic E-state index is 0.371. The van der Waals surface area contributed by atoms with Crippen molar-refractivity contribution in [2.24, 2.45) is 0 Å². The van der Waals surface area contributed by atoms with Crippen molar-refractivity contribution in [3.63, 3.8) is 0 Å². The number of carbonyl (C=O) groups excluding carboxylic acids is 1. The van der Waals surface area contributed by atoms with Gasteiger partial charge < -0.3 is 18.9 Å². The maximum Gasteiger partial charge on any atom is 0.308 e. The highest BCUT2D eigenvalue weighted by atomic mass is 16.7. The first-order chi connectivity index (χ1) is 16.0. The van der Waals surface area contributed by atoms with E-state index < -0.39 is 6.29 Å². The van der Waals surface area contributed by atoms with Crippen molar-refractivity contribution in [3.8, 4) is 17.2 Å². The Balaban J connectivity index is 1.46. The molecule has 0 heterocycles. The van der Waals surface area contributed by atoms with Gasteiger partial charge in [0, 0.05) is 6.92 Å². The van der Waals surface area contributed by atoms with E-state index in [9.17, 15) is 4.79 Å². The molecule has 0 amide bonds. The third-order valence-electron chi connectivity index (χ3n) is 6.36. The van der Waals surface area contributed by atoms with Crippen molar-refractivity contribution in [1.29, 1.82) is 0 Å². The lowest BCUT2D eigenvalue weighted by molar-refractivity contribution is -0.132. The Morgan fingerprint density at radius 2 is 1.70 bits per heavy atom. The zero-order valence-corrected chi connectivity index (χ0v) is 20.5. The number of carbonyl (C=O) groups is 1. The second-order valence-corrected chi connectivity index (χ2v) is 8.92. The Morgan fingerprint density at radius 3 is 2.36 bits per heavy atom. The second-order valence-electron chi connectivity index (χ2n) is 8.92. The Labute approximate surface area is 198 Å². The quantitative estimate of drug-likeness (QED) is 0.158. The van der Waals surface area contributed by atoms with Crippen LogP contribution in [0.25, 0.3) is 0 Å². The fourth-order valence-electron chi connectivity index (χ4n) is 4.26. The molecule has 2 aromatic rings. The van der Waals surface area contributed by atoms with Crippen molar-refractivity contribution in [2.75, 3.05) is 13.2 Å². The number of hydrogen-bond donors (Lipinski definition) is 0. The van der Waals surface area contributed by atoms with Gasteiger partial charge in [-0.2, -0.15) is 0 Å². The molecule has 2 unspecified atom stereocenters. The Bertz CT molecular complexity index is 870. The lowest BCUT2D eigenvalue weighted by atomic mass is 9.84. The van der Waals surface area contributed by atoms with Crippen LogP contribution in [-0.4, -0.2) is 25.5 Å². The molecule has 2 atom stereocenters. The molecule has 5 heteroatoms. The first kappa shape index (κ1) is 25.1. The van der Waals surface area contributed by atoms with Gasteiger partial charge in [-0.3, -0.25) is 4.79 Å². The highest BCUT2D eigenvalue weighted by Crippen LogP contribution is 2.34. The average molecular weight is 455 g/mol. The second kappa shape index (κ2) is 12.6. The van der Waals surface area contributed by atoms with Crippen LogP contribution >= 0.6 is 0 Å². The lowest BCUT2D eigenvalue weighted by Crippen LogP contribution is -2.20. The van der Waals surface area contributed by atoms with E-state index >= 15 is 0 Å². The SMILES string of the molecule is CCC(C)c1ccc(OC(C)OCCOc2ccc(C3CCCCC3)cc2)c(OC(C)=O)c1. The molecule has 1 aliphatic rings. The van der Waals surface area contributed by atoms with E-state index in [1.807, 2.05) is 37.3 Å². The largest absolute Gasteiger partial charge is 0.491 e. The predicted octanol–water partition coefficient (Wildman–Crippen LogP) is 6.99. The molecule has 2 aromatic carbocycles. The molecule has 33 heavy (non-hydrogen) atoms. The van der Waals surface area contributed by atoms with E-state index in [0.717, 1.165) is 17.7 Å². The molecular formula is C28H38O5. The van der Waals surface area contributed by atoms with Gasteiger partial charge >= 0.3 is 5.97 Å². The molecule has 3 rings (SSSR count). The zero-order chi connectivity index (χ0) is 23.6. The molecular weight excluding hydrogens is 416 g/mol. The van der Waals surface area contributed by atoms with Gasteiger partial charge in [0.1, 0.15) is 12.4 Å². The summed E-state index contributed by atoms with van der Waals surface area (Å²) >= 11 is 0. The molecule has 0 spiro atoms. The number of hydrogen-bond acceptors (Lipinski definition) is 5. The van der Waals surface area contributed by atoms with Crippen molar-refractivity contribution in [3.05, 3.63) is 53.6 Å². The third kappa shape index (κ3) is 7.78. The standard InChI is InChI=1S/C28H38O5/c1-5-20(2)25-13-16-27(28(19-25)32-21(3)29)33-22(4)30-17-18-31-26-14-11-24(12-15-26)23-9-7-6-8-10-23/h11-16,19-20,22-23H,5-10,17-18H2,1-4H3. The van der Waals surface area contributed by atoms with Gasteiger partial charge in [-0.1, -0.05) is 51.3 Å². The Kier molecular flexibility index (Phi) is 9.61. The molecule has 0 aromatic heterocycles. The van der Waals surface area contributed by atoms with E-state index in [4.69, 9.17) is 18.9 Å². The summed E-state index contributed by atoms with van der Waals surface area (Å²) in [7, 11) is 0. The van der Waals surface area contributed by atoms with Crippen LogP contribution in [-0.2, 0) is 9.53 Å². The van der Waals surface area contributed by atoms with E-state index in [1.165, 1.54) is 44.6 Å². The molecule has 0 saturated heterocycles. The molecule has 1 saturated carbocycles. The number of rotatable bonds is 11. The van der Waals surface area contributed by atoms with Gasteiger partial charge in [-0.05, 0) is 73.4 Å². The summed E-state index contributed by atoms with van der Waals surface area (Å²) in [6.45, 7) is 8.30. The number of esters is 1. The summed E-state index contributed by atoms with van der Waals surface area (Å²) < 4.78 is 22.9. The van der Waals surface area contributed by atoms with Gasteiger partial charge in [0.25, 0.3) is 0 Å². The predicted molar refractivity (Wildman–Crippen MR) is 130 cm³/mol. The average Bonchev–Trinajstić information content (AvgIpc) is 2.83. The minimum atomic E-state index is -0.508. The molecule has 5 nitrogen and oxygen atoms in total. The molecule has 180 valence electrons. The first-order valence-electron chi connectivity index (χ1n) is 12.3. The molecule has 1 aliphatic carbocycles. The monoisotopic (exact) mass is 454 g/mol. The Morgan fingerprint density at radius 1 is 0.970 bits per heavy atom. The van der Waals surface area contributed by atoms with E-state index in [1.54, 1.807) is 0 Å². The normalized spacial score (nSPS) is 16.1. The summed E-state index contributed by atoms with van der Waals surface area (Å²) in [5, 5.41) is 0. The van der Waals surface area contributed by atoms with E-state index in [-0.39, 0.29) is 5.97 Å². The number of ether oxygens (including phenoxy) is 4. The minimum Gasteiger partial charge on any atom is -0.491 e. The van der Waals surface area contributed by atoms with E-state index in [2.05, 4.69) is 26.0 Å². The van der Waals surface area contributed by atoms with Gasteiger partial charge in [0.15, 0.2) is 17.8 Å².